The highest BCUT2D eigenvalue weighted by atomic mass is 127. The maximum atomic E-state index is 5.91. The van der Waals surface area contributed by atoms with Gasteiger partial charge in [-0.2, -0.15) is 0 Å². The number of hydrogen-bond acceptors (Lipinski definition) is 4. The molecule has 0 spiro atoms. The standard InChI is InChI=1S/C19H22N4O2.HI/c1-13-15-8-4-5-9-16(15)25-17(13)12-22-19(20-2)21-11-14-7-6-10-18(23-14)24-3;/h4-10H,11-12H2,1-3H3,(H2,20,21,22);1H. The number of methoxy groups -OCH3 is 1. The molecule has 7 heteroatoms. The number of nitrogens with zero attached hydrogens (tertiary/aromatic N) is 2. The molecule has 3 aromatic rings. The molecule has 0 radical (unpaired) electrons. The maximum Gasteiger partial charge on any atom is 0.213 e. The van der Waals surface area contributed by atoms with Crippen LogP contribution in [0.2, 0.25) is 0 Å². The Morgan fingerprint density at radius 1 is 1.12 bits per heavy atom. The third kappa shape index (κ3) is 4.66. The SMILES string of the molecule is CN=C(NCc1cccc(OC)n1)NCc1oc2ccccc2c1C.I. The van der Waals surface area contributed by atoms with Gasteiger partial charge >= 0.3 is 0 Å². The number of halogens is 1. The van der Waals surface area contributed by atoms with E-state index in [9.17, 15) is 0 Å². The molecule has 0 unspecified atom stereocenters. The number of para-hydroxylation sites is 1. The number of furan rings is 1. The molecule has 6 nitrogen and oxygen atoms in total. The Morgan fingerprint density at radius 3 is 2.62 bits per heavy atom. The maximum absolute atomic E-state index is 5.91. The van der Waals surface area contributed by atoms with Gasteiger partial charge in [-0.15, -0.1) is 24.0 Å². The van der Waals surface area contributed by atoms with Crippen LogP contribution in [0.4, 0.5) is 0 Å². The van der Waals surface area contributed by atoms with Crippen LogP contribution in [0.15, 0.2) is 51.9 Å². The van der Waals surface area contributed by atoms with E-state index in [4.69, 9.17) is 9.15 Å². The summed E-state index contributed by atoms with van der Waals surface area (Å²) >= 11 is 0. The first-order chi connectivity index (χ1) is 12.2. The van der Waals surface area contributed by atoms with Crippen molar-refractivity contribution in [3.05, 3.63) is 59.5 Å². The molecule has 1 aromatic carbocycles. The second-order valence-electron chi connectivity index (χ2n) is 5.60. The Labute approximate surface area is 170 Å². The lowest BCUT2D eigenvalue weighted by atomic mass is 10.1. The molecule has 2 heterocycles. The molecule has 0 saturated heterocycles. The lowest BCUT2D eigenvalue weighted by molar-refractivity contribution is 0.396. The Balaban J connectivity index is 0.00000243. The number of guanidine groups is 1. The highest BCUT2D eigenvalue weighted by Crippen LogP contribution is 2.24. The lowest BCUT2D eigenvalue weighted by Gasteiger charge is -2.11. The number of fused-ring (bicyclic) bond motifs is 1. The minimum absolute atomic E-state index is 0. The van der Waals surface area contributed by atoms with Crippen LogP contribution in [0.1, 0.15) is 17.0 Å². The summed E-state index contributed by atoms with van der Waals surface area (Å²) in [5.74, 6) is 2.19. The topological polar surface area (TPSA) is 71.7 Å². The van der Waals surface area contributed by atoms with E-state index in [1.165, 1.54) is 0 Å². The molecule has 2 aromatic heterocycles. The molecule has 26 heavy (non-hydrogen) atoms. The van der Waals surface area contributed by atoms with E-state index in [0.29, 0.717) is 24.9 Å². The number of nitrogens with one attached hydrogen (secondary N) is 2. The predicted octanol–water partition coefficient (Wildman–Crippen LogP) is 3.63. The number of aromatic nitrogens is 1. The van der Waals surface area contributed by atoms with Gasteiger partial charge in [0.05, 0.1) is 25.9 Å². The number of aryl methyl sites for hydroxylation is 1. The molecule has 2 N–H and O–H groups in total. The zero-order chi connectivity index (χ0) is 17.6. The smallest absolute Gasteiger partial charge is 0.213 e. The molecule has 0 amide bonds. The van der Waals surface area contributed by atoms with Crippen molar-refractivity contribution in [3.63, 3.8) is 0 Å². The van der Waals surface area contributed by atoms with Gasteiger partial charge in [-0.3, -0.25) is 4.99 Å². The van der Waals surface area contributed by atoms with Crippen molar-refractivity contribution >= 4 is 40.9 Å². The predicted molar refractivity (Wildman–Crippen MR) is 114 cm³/mol. The average Bonchev–Trinajstić information content (AvgIpc) is 2.98. The molecule has 0 saturated carbocycles. The summed E-state index contributed by atoms with van der Waals surface area (Å²) in [6.45, 7) is 3.18. The molecule has 0 aliphatic rings. The molecular formula is C19H23IN4O2. The quantitative estimate of drug-likeness (QED) is 0.342. The first-order valence-corrected chi connectivity index (χ1v) is 8.12. The number of rotatable bonds is 5. The largest absolute Gasteiger partial charge is 0.481 e. The highest BCUT2D eigenvalue weighted by molar-refractivity contribution is 14.0. The number of aliphatic imine (C=N–C) groups is 1. The molecule has 0 aliphatic carbocycles. The average molecular weight is 466 g/mol. The van der Waals surface area contributed by atoms with Gasteiger partial charge in [-0.1, -0.05) is 24.3 Å². The Bertz CT molecular complexity index is 892. The molecule has 0 fully saturated rings. The van der Waals surface area contributed by atoms with Crippen molar-refractivity contribution in [1.29, 1.82) is 0 Å². The van der Waals surface area contributed by atoms with Crippen LogP contribution < -0.4 is 15.4 Å². The van der Waals surface area contributed by atoms with Crippen LogP contribution in [-0.4, -0.2) is 25.1 Å². The fourth-order valence-electron chi connectivity index (χ4n) is 2.62. The third-order valence-electron chi connectivity index (χ3n) is 4.01. The van der Waals surface area contributed by atoms with Crippen molar-refractivity contribution in [1.82, 2.24) is 15.6 Å². The molecule has 0 atom stereocenters. The van der Waals surface area contributed by atoms with E-state index in [1.807, 2.05) is 36.4 Å². The zero-order valence-corrected chi connectivity index (χ0v) is 17.4. The molecular weight excluding hydrogens is 443 g/mol. The summed E-state index contributed by atoms with van der Waals surface area (Å²) in [6.07, 6.45) is 0. The minimum atomic E-state index is 0. The van der Waals surface area contributed by atoms with Crippen molar-refractivity contribution in [2.45, 2.75) is 20.0 Å². The number of ether oxygens (including phenoxy) is 1. The lowest BCUT2D eigenvalue weighted by Crippen LogP contribution is -2.36. The van der Waals surface area contributed by atoms with E-state index >= 15 is 0 Å². The van der Waals surface area contributed by atoms with E-state index in [0.717, 1.165) is 28.0 Å². The van der Waals surface area contributed by atoms with Crippen LogP contribution >= 0.6 is 24.0 Å². The zero-order valence-electron chi connectivity index (χ0n) is 15.1. The van der Waals surface area contributed by atoms with Crippen LogP contribution in [-0.2, 0) is 13.1 Å². The van der Waals surface area contributed by atoms with Gasteiger partial charge in [0.1, 0.15) is 11.3 Å². The van der Waals surface area contributed by atoms with Crippen molar-refractivity contribution in [2.75, 3.05) is 14.2 Å². The summed E-state index contributed by atoms with van der Waals surface area (Å²) in [4.78, 5) is 8.61. The van der Waals surface area contributed by atoms with Crippen LogP contribution in [0.3, 0.4) is 0 Å². The Morgan fingerprint density at radius 2 is 1.88 bits per heavy atom. The highest BCUT2D eigenvalue weighted by Gasteiger charge is 2.10. The number of pyridine rings is 1. The Hall–Kier alpha value is -2.29. The minimum Gasteiger partial charge on any atom is -0.481 e. The Kier molecular flexibility index (Phi) is 7.26. The summed E-state index contributed by atoms with van der Waals surface area (Å²) in [5, 5.41) is 7.65. The van der Waals surface area contributed by atoms with Crippen molar-refractivity contribution in [3.8, 4) is 5.88 Å². The fourth-order valence-corrected chi connectivity index (χ4v) is 2.62. The first kappa shape index (κ1) is 20.0. The van der Waals surface area contributed by atoms with Gasteiger partial charge in [0.2, 0.25) is 5.88 Å². The third-order valence-corrected chi connectivity index (χ3v) is 4.01. The first-order valence-electron chi connectivity index (χ1n) is 8.12. The second-order valence-corrected chi connectivity index (χ2v) is 5.60. The fraction of sp³-hybridized carbons (Fsp3) is 0.263. The molecule has 0 bridgehead atoms. The molecule has 0 aliphatic heterocycles. The monoisotopic (exact) mass is 466 g/mol. The summed E-state index contributed by atoms with van der Waals surface area (Å²) in [5.41, 5.74) is 2.93. The summed E-state index contributed by atoms with van der Waals surface area (Å²) in [6, 6.07) is 13.7. The van der Waals surface area contributed by atoms with Gasteiger partial charge in [0.25, 0.3) is 0 Å². The van der Waals surface area contributed by atoms with Crippen molar-refractivity contribution < 1.29 is 9.15 Å². The molecule has 3 rings (SSSR count). The molecule has 138 valence electrons. The van der Waals surface area contributed by atoms with Gasteiger partial charge in [0, 0.05) is 24.1 Å². The summed E-state index contributed by atoms with van der Waals surface area (Å²) < 4.78 is 11.1. The normalized spacial score (nSPS) is 11.1. The van der Waals surface area contributed by atoms with Crippen LogP contribution in [0, 0.1) is 6.92 Å². The van der Waals surface area contributed by atoms with Gasteiger partial charge in [-0.25, -0.2) is 4.98 Å². The number of benzene rings is 1. The van der Waals surface area contributed by atoms with E-state index in [-0.39, 0.29) is 24.0 Å². The van der Waals surface area contributed by atoms with Gasteiger partial charge < -0.3 is 19.8 Å². The number of hydrogen-bond donors (Lipinski definition) is 2. The van der Waals surface area contributed by atoms with E-state index in [2.05, 4.69) is 33.6 Å². The van der Waals surface area contributed by atoms with E-state index < -0.39 is 0 Å². The van der Waals surface area contributed by atoms with Crippen molar-refractivity contribution in [2.24, 2.45) is 4.99 Å². The second kappa shape index (κ2) is 9.42. The summed E-state index contributed by atoms with van der Waals surface area (Å²) in [7, 11) is 3.34. The van der Waals surface area contributed by atoms with Crippen LogP contribution in [0.5, 0.6) is 5.88 Å². The van der Waals surface area contributed by atoms with Gasteiger partial charge in [-0.05, 0) is 19.1 Å². The van der Waals surface area contributed by atoms with E-state index in [1.54, 1.807) is 14.2 Å². The van der Waals surface area contributed by atoms with Crippen LogP contribution in [0.25, 0.3) is 11.0 Å². The van der Waals surface area contributed by atoms with Gasteiger partial charge in [0.15, 0.2) is 5.96 Å².